The van der Waals surface area contributed by atoms with Crippen LogP contribution in [0.2, 0.25) is 0 Å². The van der Waals surface area contributed by atoms with E-state index in [4.69, 9.17) is 0 Å². The zero-order valence-electron chi connectivity index (χ0n) is 12.5. The average Bonchev–Trinajstić information content (AvgIpc) is 3.09. The molecule has 1 saturated heterocycles. The van der Waals surface area contributed by atoms with Crippen molar-refractivity contribution >= 4 is 5.91 Å². The Labute approximate surface area is 124 Å². The highest BCUT2D eigenvalue weighted by Gasteiger charge is 2.27. The summed E-state index contributed by atoms with van der Waals surface area (Å²) in [4.78, 5) is 14.5. The lowest BCUT2D eigenvalue weighted by atomic mass is 10.0. The molecule has 1 aromatic heterocycles. The molecule has 21 heavy (non-hydrogen) atoms. The van der Waals surface area contributed by atoms with E-state index in [-0.39, 0.29) is 5.91 Å². The number of carbonyl (C=O) groups is 1. The van der Waals surface area contributed by atoms with E-state index in [0.717, 1.165) is 42.9 Å². The van der Waals surface area contributed by atoms with E-state index in [2.05, 4.69) is 10.2 Å². The molecule has 5 heteroatoms. The smallest absolute Gasteiger partial charge is 0.253 e. The quantitative estimate of drug-likeness (QED) is 0.864. The first-order valence-electron chi connectivity index (χ1n) is 7.32. The normalized spacial score (nSPS) is 18.2. The van der Waals surface area contributed by atoms with Gasteiger partial charge in [0.25, 0.3) is 5.91 Å². The van der Waals surface area contributed by atoms with Gasteiger partial charge in [0.2, 0.25) is 0 Å². The first-order valence-corrected chi connectivity index (χ1v) is 7.32. The number of likely N-dealkylation sites (tertiary alicyclic amines) is 1. The van der Waals surface area contributed by atoms with Gasteiger partial charge in [-0.3, -0.25) is 4.79 Å². The predicted molar refractivity (Wildman–Crippen MR) is 79.9 cm³/mol. The van der Waals surface area contributed by atoms with Gasteiger partial charge < -0.3 is 9.47 Å². The fourth-order valence-corrected chi connectivity index (χ4v) is 2.89. The number of nitrogens with zero attached hydrogens (tertiary/aromatic N) is 4. The van der Waals surface area contributed by atoms with Crippen molar-refractivity contribution in [1.29, 1.82) is 0 Å². The molecule has 2 aromatic rings. The van der Waals surface area contributed by atoms with Gasteiger partial charge in [-0.25, -0.2) is 0 Å². The lowest BCUT2D eigenvalue weighted by molar-refractivity contribution is 0.0787. The third-order valence-corrected chi connectivity index (χ3v) is 4.11. The molecule has 3 rings (SSSR count). The summed E-state index contributed by atoms with van der Waals surface area (Å²) in [6.07, 6.45) is 3.64. The Hall–Kier alpha value is -2.17. The van der Waals surface area contributed by atoms with Crippen LogP contribution in [0.1, 0.15) is 28.2 Å². The molecule has 1 amide bonds. The summed E-state index contributed by atoms with van der Waals surface area (Å²) < 4.78 is 1.95. The second kappa shape index (κ2) is 5.68. The second-order valence-electron chi connectivity index (χ2n) is 5.84. The summed E-state index contributed by atoms with van der Waals surface area (Å²) in [6, 6.07) is 7.80. The Morgan fingerprint density at radius 2 is 2.29 bits per heavy atom. The highest BCUT2D eigenvalue weighted by atomic mass is 16.2. The number of hydrogen-bond acceptors (Lipinski definition) is 3. The van der Waals surface area contributed by atoms with Gasteiger partial charge in [-0.1, -0.05) is 17.7 Å². The van der Waals surface area contributed by atoms with Crippen molar-refractivity contribution in [3.63, 3.8) is 0 Å². The molecule has 2 heterocycles. The zero-order valence-corrected chi connectivity index (χ0v) is 12.5. The van der Waals surface area contributed by atoms with Crippen molar-refractivity contribution in [2.75, 3.05) is 13.1 Å². The predicted octanol–water partition coefficient (Wildman–Crippen LogP) is 1.83. The molecule has 1 aliphatic rings. The third kappa shape index (κ3) is 2.96. The SMILES string of the molecule is Cc1cccc(C(=O)N2CCC(Cc3nncn3C)C2)c1. The standard InChI is InChI=1S/C16H20N4O/c1-12-4-3-5-14(8-12)16(21)20-7-6-13(10-20)9-15-18-17-11-19(15)2/h3-5,8,11,13H,6-7,9-10H2,1-2H3. The molecule has 0 aliphatic carbocycles. The summed E-state index contributed by atoms with van der Waals surface area (Å²) >= 11 is 0. The zero-order chi connectivity index (χ0) is 14.8. The van der Waals surface area contributed by atoms with E-state index in [0.29, 0.717) is 5.92 Å². The van der Waals surface area contributed by atoms with E-state index in [1.807, 2.05) is 47.7 Å². The lowest BCUT2D eigenvalue weighted by Gasteiger charge is -2.16. The maximum absolute atomic E-state index is 12.5. The first-order chi connectivity index (χ1) is 10.1. The molecule has 5 nitrogen and oxygen atoms in total. The van der Waals surface area contributed by atoms with Gasteiger partial charge in [0.15, 0.2) is 0 Å². The molecular weight excluding hydrogens is 264 g/mol. The van der Waals surface area contributed by atoms with E-state index >= 15 is 0 Å². The van der Waals surface area contributed by atoms with Crippen molar-refractivity contribution in [3.8, 4) is 0 Å². The van der Waals surface area contributed by atoms with Gasteiger partial charge >= 0.3 is 0 Å². The van der Waals surface area contributed by atoms with Gasteiger partial charge in [0.05, 0.1) is 0 Å². The number of hydrogen-bond donors (Lipinski definition) is 0. The summed E-state index contributed by atoms with van der Waals surface area (Å²) in [5.74, 6) is 1.60. The highest BCUT2D eigenvalue weighted by molar-refractivity contribution is 5.94. The Morgan fingerprint density at radius 3 is 3.00 bits per heavy atom. The molecule has 1 fully saturated rings. The lowest BCUT2D eigenvalue weighted by Crippen LogP contribution is -2.29. The van der Waals surface area contributed by atoms with Crippen LogP contribution in [0.4, 0.5) is 0 Å². The minimum Gasteiger partial charge on any atom is -0.338 e. The van der Waals surface area contributed by atoms with Crippen LogP contribution < -0.4 is 0 Å². The topological polar surface area (TPSA) is 51.0 Å². The number of benzene rings is 1. The molecule has 0 spiro atoms. The molecular formula is C16H20N4O. The molecule has 0 bridgehead atoms. The Balaban J connectivity index is 1.64. The Kier molecular flexibility index (Phi) is 3.73. The van der Waals surface area contributed by atoms with Crippen molar-refractivity contribution in [2.45, 2.75) is 19.8 Å². The Bertz CT molecular complexity index is 649. The molecule has 1 unspecified atom stereocenters. The number of rotatable bonds is 3. The fraction of sp³-hybridized carbons (Fsp3) is 0.438. The monoisotopic (exact) mass is 284 g/mol. The van der Waals surface area contributed by atoms with Crippen LogP contribution in [-0.4, -0.2) is 38.7 Å². The van der Waals surface area contributed by atoms with Gasteiger partial charge in [0.1, 0.15) is 12.2 Å². The van der Waals surface area contributed by atoms with E-state index in [1.54, 1.807) is 6.33 Å². The number of aromatic nitrogens is 3. The van der Waals surface area contributed by atoms with Crippen LogP contribution in [0.25, 0.3) is 0 Å². The number of amides is 1. The summed E-state index contributed by atoms with van der Waals surface area (Å²) in [7, 11) is 1.96. The molecule has 110 valence electrons. The van der Waals surface area contributed by atoms with Crippen LogP contribution in [0.3, 0.4) is 0 Å². The van der Waals surface area contributed by atoms with Crippen LogP contribution in [0, 0.1) is 12.8 Å². The van der Waals surface area contributed by atoms with Gasteiger partial charge in [-0.15, -0.1) is 10.2 Å². The van der Waals surface area contributed by atoms with Crippen LogP contribution in [-0.2, 0) is 13.5 Å². The van der Waals surface area contributed by atoms with Crippen LogP contribution in [0.15, 0.2) is 30.6 Å². The minimum atomic E-state index is 0.138. The Morgan fingerprint density at radius 1 is 1.43 bits per heavy atom. The summed E-state index contributed by atoms with van der Waals surface area (Å²) in [6.45, 7) is 3.65. The maximum Gasteiger partial charge on any atom is 0.253 e. The van der Waals surface area contributed by atoms with Crippen LogP contribution >= 0.6 is 0 Å². The maximum atomic E-state index is 12.5. The molecule has 1 aromatic carbocycles. The molecule has 1 aliphatic heterocycles. The second-order valence-corrected chi connectivity index (χ2v) is 5.84. The first kappa shape index (κ1) is 13.8. The van der Waals surface area contributed by atoms with E-state index in [9.17, 15) is 4.79 Å². The van der Waals surface area contributed by atoms with Crippen molar-refractivity contribution in [1.82, 2.24) is 19.7 Å². The van der Waals surface area contributed by atoms with Crippen molar-refractivity contribution in [3.05, 3.63) is 47.5 Å². The summed E-state index contributed by atoms with van der Waals surface area (Å²) in [5, 5.41) is 8.04. The largest absolute Gasteiger partial charge is 0.338 e. The molecule has 1 atom stereocenters. The minimum absolute atomic E-state index is 0.138. The number of aryl methyl sites for hydroxylation is 2. The highest BCUT2D eigenvalue weighted by Crippen LogP contribution is 2.22. The van der Waals surface area contributed by atoms with E-state index < -0.39 is 0 Å². The summed E-state index contributed by atoms with van der Waals surface area (Å²) in [5.41, 5.74) is 1.91. The average molecular weight is 284 g/mol. The van der Waals surface area contributed by atoms with Crippen molar-refractivity contribution < 1.29 is 4.79 Å². The van der Waals surface area contributed by atoms with Crippen molar-refractivity contribution in [2.24, 2.45) is 13.0 Å². The molecule has 0 N–H and O–H groups in total. The number of carbonyl (C=O) groups excluding carboxylic acids is 1. The van der Waals surface area contributed by atoms with Crippen LogP contribution in [0.5, 0.6) is 0 Å². The van der Waals surface area contributed by atoms with Gasteiger partial charge in [-0.05, 0) is 31.4 Å². The molecule has 0 saturated carbocycles. The molecule has 0 radical (unpaired) electrons. The van der Waals surface area contributed by atoms with Gasteiger partial charge in [-0.2, -0.15) is 0 Å². The van der Waals surface area contributed by atoms with Gasteiger partial charge in [0, 0.05) is 32.1 Å². The fourth-order valence-electron chi connectivity index (χ4n) is 2.89. The van der Waals surface area contributed by atoms with E-state index in [1.165, 1.54) is 0 Å². The third-order valence-electron chi connectivity index (χ3n) is 4.11.